The Morgan fingerprint density at radius 1 is 1.04 bits per heavy atom. The Kier molecular flexibility index (Phi) is 4.41. The molecule has 2 aliphatic rings. The van der Waals surface area contributed by atoms with Gasteiger partial charge in [0, 0.05) is 33.2 Å². The summed E-state index contributed by atoms with van der Waals surface area (Å²) in [6.07, 6.45) is 0.139. The van der Waals surface area contributed by atoms with Gasteiger partial charge in [-0.3, -0.25) is 19.4 Å². The summed E-state index contributed by atoms with van der Waals surface area (Å²) in [6.45, 7) is 1.19. The molecular weight excluding hydrogens is 337 g/mol. The van der Waals surface area contributed by atoms with Crippen LogP contribution in [0.3, 0.4) is 0 Å². The van der Waals surface area contributed by atoms with Crippen molar-refractivity contribution in [3.8, 4) is 0 Å². The molecule has 0 saturated carbocycles. The molecule has 0 aliphatic carbocycles. The molecule has 7 nitrogen and oxygen atoms in total. The van der Waals surface area contributed by atoms with Crippen molar-refractivity contribution in [1.29, 1.82) is 0 Å². The van der Waals surface area contributed by atoms with E-state index in [4.69, 9.17) is 0 Å². The van der Waals surface area contributed by atoms with Crippen LogP contribution in [0.1, 0.15) is 6.42 Å². The largest absolute Gasteiger partial charge is 0.289 e. The van der Waals surface area contributed by atoms with Crippen molar-refractivity contribution in [2.24, 2.45) is 0 Å². The number of likely N-dealkylation sites (tertiary alicyclic amines) is 1. The zero-order valence-corrected chi connectivity index (χ0v) is 14.0. The molecule has 3 rings (SSSR count). The van der Waals surface area contributed by atoms with Crippen molar-refractivity contribution >= 4 is 21.8 Å². The molecule has 2 aliphatic heterocycles. The van der Waals surface area contributed by atoms with Gasteiger partial charge in [0.1, 0.15) is 5.82 Å². The van der Waals surface area contributed by atoms with Gasteiger partial charge in [-0.25, -0.2) is 12.8 Å². The van der Waals surface area contributed by atoms with Gasteiger partial charge < -0.3 is 0 Å². The van der Waals surface area contributed by atoms with Crippen LogP contribution in [0.4, 0.5) is 4.39 Å². The molecule has 2 amide bonds. The van der Waals surface area contributed by atoms with E-state index < -0.39 is 21.9 Å². The molecule has 1 aromatic rings. The maximum Gasteiger partial charge on any atom is 0.246 e. The fraction of sp³-hybridized carbons (Fsp3) is 0.467. The Morgan fingerprint density at radius 2 is 1.62 bits per heavy atom. The summed E-state index contributed by atoms with van der Waals surface area (Å²) < 4.78 is 39.4. The highest BCUT2D eigenvalue weighted by molar-refractivity contribution is 7.89. The molecule has 24 heavy (non-hydrogen) atoms. The second-order valence-electron chi connectivity index (χ2n) is 5.90. The molecule has 1 atom stereocenters. The Bertz CT molecular complexity index is 757. The lowest BCUT2D eigenvalue weighted by Crippen LogP contribution is -2.53. The quantitative estimate of drug-likeness (QED) is 0.707. The van der Waals surface area contributed by atoms with Crippen LogP contribution in [-0.2, 0) is 19.6 Å². The highest BCUT2D eigenvalue weighted by Gasteiger charge is 2.41. The molecule has 2 heterocycles. The van der Waals surface area contributed by atoms with Crippen molar-refractivity contribution < 1.29 is 22.4 Å². The standard InChI is InChI=1S/C15H18FN3O4S/c1-17-14(20)10-13(15(17)21)18-6-8-19(9-7-18)24(22,23)12-4-2-11(16)3-5-12/h2-5,13H,6-10H2,1H3/t13-/m1/s1. The maximum atomic E-state index is 13.0. The number of carbonyl (C=O) groups is 2. The van der Waals surface area contributed by atoms with E-state index >= 15 is 0 Å². The number of imide groups is 1. The Labute approximate surface area is 139 Å². The Morgan fingerprint density at radius 3 is 2.12 bits per heavy atom. The van der Waals surface area contributed by atoms with Crippen molar-refractivity contribution in [3.63, 3.8) is 0 Å². The van der Waals surface area contributed by atoms with Crippen LogP contribution in [0.15, 0.2) is 29.2 Å². The summed E-state index contributed by atoms with van der Waals surface area (Å²) in [5, 5.41) is 0. The van der Waals surface area contributed by atoms with Crippen LogP contribution >= 0.6 is 0 Å². The molecule has 0 bridgehead atoms. The fourth-order valence-corrected chi connectivity index (χ4v) is 4.45. The molecule has 0 spiro atoms. The van der Waals surface area contributed by atoms with Crippen molar-refractivity contribution in [3.05, 3.63) is 30.1 Å². The van der Waals surface area contributed by atoms with Gasteiger partial charge in [-0.1, -0.05) is 0 Å². The molecule has 0 unspecified atom stereocenters. The summed E-state index contributed by atoms with van der Waals surface area (Å²) in [6, 6.07) is 4.21. The lowest BCUT2D eigenvalue weighted by molar-refractivity contribution is -0.138. The Hall–Kier alpha value is -1.84. The number of hydrogen-bond donors (Lipinski definition) is 0. The third kappa shape index (κ3) is 2.94. The fourth-order valence-electron chi connectivity index (χ4n) is 3.03. The topological polar surface area (TPSA) is 78.0 Å². The molecule has 0 radical (unpaired) electrons. The van der Waals surface area contributed by atoms with Gasteiger partial charge in [-0.05, 0) is 24.3 Å². The first kappa shape index (κ1) is 17.0. The predicted octanol–water partition coefficient (Wildman–Crippen LogP) is -0.111. The molecular formula is C15H18FN3O4S. The summed E-state index contributed by atoms with van der Waals surface area (Å²) in [4.78, 5) is 26.7. The number of rotatable bonds is 3. The van der Waals surface area contributed by atoms with Gasteiger partial charge in [0.05, 0.1) is 17.4 Å². The molecule has 1 aromatic carbocycles. The van der Waals surface area contributed by atoms with Gasteiger partial charge >= 0.3 is 0 Å². The number of likely N-dealkylation sites (N-methyl/N-ethyl adjacent to an activating group) is 1. The van der Waals surface area contributed by atoms with Crippen molar-refractivity contribution in [2.75, 3.05) is 33.2 Å². The highest BCUT2D eigenvalue weighted by atomic mass is 32.2. The summed E-state index contributed by atoms with van der Waals surface area (Å²) in [7, 11) is -2.22. The molecule has 0 N–H and O–H groups in total. The average molecular weight is 355 g/mol. The second kappa shape index (κ2) is 6.23. The van der Waals surface area contributed by atoms with Gasteiger partial charge in [0.15, 0.2) is 0 Å². The van der Waals surface area contributed by atoms with E-state index in [1.807, 2.05) is 4.90 Å². The number of hydrogen-bond acceptors (Lipinski definition) is 5. The van der Waals surface area contributed by atoms with Crippen LogP contribution < -0.4 is 0 Å². The van der Waals surface area contributed by atoms with E-state index in [9.17, 15) is 22.4 Å². The van der Waals surface area contributed by atoms with Gasteiger partial charge in [0.25, 0.3) is 0 Å². The summed E-state index contributed by atoms with van der Waals surface area (Å²) in [5.74, 6) is -0.950. The smallest absolute Gasteiger partial charge is 0.246 e. The van der Waals surface area contributed by atoms with Crippen molar-refractivity contribution in [1.82, 2.24) is 14.1 Å². The van der Waals surface area contributed by atoms with Gasteiger partial charge in [0.2, 0.25) is 21.8 Å². The minimum Gasteiger partial charge on any atom is -0.289 e. The minimum absolute atomic E-state index is 0.0456. The number of amides is 2. The summed E-state index contributed by atoms with van der Waals surface area (Å²) in [5.41, 5.74) is 0. The van der Waals surface area contributed by atoms with Gasteiger partial charge in [-0.15, -0.1) is 0 Å². The maximum absolute atomic E-state index is 13.0. The normalized spacial score (nSPS) is 23.9. The lowest BCUT2D eigenvalue weighted by Gasteiger charge is -2.36. The van der Waals surface area contributed by atoms with E-state index in [-0.39, 0.29) is 36.2 Å². The van der Waals surface area contributed by atoms with E-state index in [0.717, 1.165) is 17.0 Å². The zero-order chi connectivity index (χ0) is 17.5. The van der Waals surface area contributed by atoms with E-state index in [1.165, 1.54) is 23.5 Å². The average Bonchev–Trinajstić information content (AvgIpc) is 2.83. The van der Waals surface area contributed by atoms with Crippen molar-refractivity contribution in [2.45, 2.75) is 17.4 Å². The van der Waals surface area contributed by atoms with Crippen LogP contribution in [0, 0.1) is 5.82 Å². The first-order valence-corrected chi connectivity index (χ1v) is 9.05. The third-order valence-corrected chi connectivity index (χ3v) is 6.44. The number of nitrogens with zero attached hydrogens (tertiary/aromatic N) is 3. The zero-order valence-electron chi connectivity index (χ0n) is 13.2. The Balaban J connectivity index is 1.68. The number of piperazine rings is 1. The number of halogens is 1. The minimum atomic E-state index is -3.68. The SMILES string of the molecule is CN1C(=O)C[C@@H](N2CCN(S(=O)(=O)c3ccc(F)cc3)CC2)C1=O. The summed E-state index contributed by atoms with van der Waals surface area (Å²) >= 11 is 0. The third-order valence-electron chi connectivity index (χ3n) is 4.52. The predicted molar refractivity (Wildman–Crippen MR) is 82.9 cm³/mol. The van der Waals surface area contributed by atoms with Crippen LogP contribution in [0.2, 0.25) is 0 Å². The molecule has 2 fully saturated rings. The lowest BCUT2D eigenvalue weighted by atomic mass is 10.2. The van der Waals surface area contributed by atoms with Crippen LogP contribution in [0.5, 0.6) is 0 Å². The van der Waals surface area contributed by atoms with Gasteiger partial charge in [-0.2, -0.15) is 4.31 Å². The molecule has 9 heteroatoms. The van der Waals surface area contributed by atoms with Crippen LogP contribution in [0.25, 0.3) is 0 Å². The first-order chi connectivity index (χ1) is 11.3. The monoisotopic (exact) mass is 355 g/mol. The number of benzene rings is 1. The molecule has 2 saturated heterocycles. The van der Waals surface area contributed by atoms with Crippen LogP contribution in [-0.4, -0.2) is 73.6 Å². The molecule has 0 aromatic heterocycles. The van der Waals surface area contributed by atoms with E-state index in [0.29, 0.717) is 13.1 Å². The number of carbonyl (C=O) groups excluding carboxylic acids is 2. The number of sulfonamides is 1. The van der Waals surface area contributed by atoms with E-state index in [1.54, 1.807) is 0 Å². The first-order valence-electron chi connectivity index (χ1n) is 7.61. The highest BCUT2D eigenvalue weighted by Crippen LogP contribution is 2.22. The van der Waals surface area contributed by atoms with E-state index in [2.05, 4.69) is 0 Å². The second-order valence-corrected chi connectivity index (χ2v) is 7.84. The molecule has 130 valence electrons.